The van der Waals surface area contributed by atoms with Crippen LogP contribution in [0, 0.1) is 5.92 Å². The second-order valence-electron chi connectivity index (χ2n) is 4.50. The minimum Gasteiger partial charge on any atom is -0.315 e. The number of nitrogens with zero attached hydrogens (tertiary/aromatic N) is 2. The van der Waals surface area contributed by atoms with Gasteiger partial charge in [0.05, 0.1) is 0 Å². The lowest BCUT2D eigenvalue weighted by Gasteiger charge is -2.31. The average molecular weight is 211 g/mol. The summed E-state index contributed by atoms with van der Waals surface area (Å²) in [7, 11) is 2.10. The van der Waals surface area contributed by atoms with Gasteiger partial charge in [0.2, 0.25) is 5.91 Å². The molecule has 0 aromatic carbocycles. The van der Waals surface area contributed by atoms with Gasteiger partial charge >= 0.3 is 6.03 Å². The zero-order valence-electron chi connectivity index (χ0n) is 9.03. The maximum atomic E-state index is 11.3. The molecular formula is C10H17N3O2. The average Bonchev–Trinajstić information content (AvgIpc) is 2.45. The van der Waals surface area contributed by atoms with E-state index >= 15 is 0 Å². The van der Waals surface area contributed by atoms with Gasteiger partial charge in [-0.05, 0) is 32.4 Å². The molecule has 15 heavy (non-hydrogen) atoms. The Bertz CT molecular complexity index is 280. The highest BCUT2D eigenvalue weighted by Gasteiger charge is 2.29. The number of carbonyl (C=O) groups is 2. The van der Waals surface area contributed by atoms with Crippen molar-refractivity contribution < 1.29 is 9.59 Å². The van der Waals surface area contributed by atoms with Crippen LogP contribution in [-0.2, 0) is 4.79 Å². The maximum Gasteiger partial charge on any atom is 0.324 e. The van der Waals surface area contributed by atoms with Gasteiger partial charge in [0, 0.05) is 13.1 Å². The molecule has 0 bridgehead atoms. The molecule has 2 rings (SSSR count). The lowest BCUT2D eigenvalue weighted by atomic mass is 9.98. The molecule has 2 aliphatic heterocycles. The van der Waals surface area contributed by atoms with Crippen LogP contribution in [0.1, 0.15) is 12.8 Å². The molecule has 2 fully saturated rings. The first-order chi connectivity index (χ1) is 7.15. The van der Waals surface area contributed by atoms with Crippen LogP contribution < -0.4 is 5.32 Å². The summed E-state index contributed by atoms with van der Waals surface area (Å²) in [4.78, 5) is 26.2. The molecular weight excluding hydrogens is 194 g/mol. The predicted octanol–water partition coefficient (Wildman–Crippen LogP) is -0.120. The summed E-state index contributed by atoms with van der Waals surface area (Å²) in [6.45, 7) is 3.11. The molecule has 0 saturated carbocycles. The Kier molecular flexibility index (Phi) is 2.90. The summed E-state index contributed by atoms with van der Waals surface area (Å²) >= 11 is 0. The third kappa shape index (κ3) is 2.47. The number of carbonyl (C=O) groups excluding carboxylic acids is 2. The molecule has 3 amide bonds. The van der Waals surface area contributed by atoms with Crippen molar-refractivity contribution in [3.8, 4) is 0 Å². The van der Waals surface area contributed by atoms with Gasteiger partial charge in [-0.15, -0.1) is 0 Å². The van der Waals surface area contributed by atoms with Crippen molar-refractivity contribution in [2.45, 2.75) is 12.8 Å². The van der Waals surface area contributed by atoms with Crippen molar-refractivity contribution in [3.63, 3.8) is 0 Å². The Hall–Kier alpha value is -1.10. The van der Waals surface area contributed by atoms with Crippen molar-refractivity contribution in [2.75, 3.05) is 33.2 Å². The Morgan fingerprint density at radius 3 is 2.87 bits per heavy atom. The molecule has 84 valence electrons. The van der Waals surface area contributed by atoms with E-state index < -0.39 is 0 Å². The van der Waals surface area contributed by atoms with E-state index in [1.54, 1.807) is 4.90 Å². The number of likely N-dealkylation sites (tertiary alicyclic amines) is 1. The van der Waals surface area contributed by atoms with Crippen LogP contribution in [0.2, 0.25) is 0 Å². The molecule has 2 saturated heterocycles. The topological polar surface area (TPSA) is 52.6 Å². The Morgan fingerprint density at radius 2 is 2.27 bits per heavy atom. The highest BCUT2D eigenvalue weighted by Crippen LogP contribution is 2.17. The molecule has 5 nitrogen and oxygen atoms in total. The summed E-state index contributed by atoms with van der Waals surface area (Å²) in [5.74, 6) is 0.338. The highest BCUT2D eigenvalue weighted by molar-refractivity contribution is 6.01. The summed E-state index contributed by atoms with van der Waals surface area (Å²) < 4.78 is 0. The van der Waals surface area contributed by atoms with Crippen LogP contribution in [0.25, 0.3) is 0 Å². The number of piperidine rings is 1. The van der Waals surface area contributed by atoms with E-state index in [9.17, 15) is 9.59 Å². The molecule has 5 heteroatoms. The molecule has 0 aliphatic carbocycles. The van der Waals surface area contributed by atoms with Crippen LogP contribution in [0.3, 0.4) is 0 Å². The van der Waals surface area contributed by atoms with Crippen molar-refractivity contribution >= 4 is 11.9 Å². The van der Waals surface area contributed by atoms with Gasteiger partial charge in [0.15, 0.2) is 0 Å². The number of rotatable bonds is 2. The molecule has 2 heterocycles. The number of nitrogens with one attached hydrogen (secondary N) is 1. The van der Waals surface area contributed by atoms with Gasteiger partial charge in [-0.25, -0.2) is 4.79 Å². The van der Waals surface area contributed by atoms with Gasteiger partial charge in [0.1, 0.15) is 6.54 Å². The lowest BCUT2D eigenvalue weighted by molar-refractivity contribution is -0.118. The van der Waals surface area contributed by atoms with Gasteiger partial charge in [-0.1, -0.05) is 0 Å². The van der Waals surface area contributed by atoms with Crippen molar-refractivity contribution in [1.29, 1.82) is 0 Å². The zero-order chi connectivity index (χ0) is 10.8. The summed E-state index contributed by atoms with van der Waals surface area (Å²) in [5, 5.41) is 2.30. The lowest BCUT2D eigenvalue weighted by Crippen LogP contribution is -2.40. The molecule has 0 radical (unpaired) electrons. The Morgan fingerprint density at radius 1 is 1.47 bits per heavy atom. The zero-order valence-corrected chi connectivity index (χ0v) is 9.03. The largest absolute Gasteiger partial charge is 0.324 e. The predicted molar refractivity (Wildman–Crippen MR) is 55.3 cm³/mol. The Balaban J connectivity index is 1.86. The van der Waals surface area contributed by atoms with Crippen molar-refractivity contribution in [2.24, 2.45) is 5.92 Å². The minimum atomic E-state index is -0.228. The third-order valence-corrected chi connectivity index (χ3v) is 3.07. The van der Waals surface area contributed by atoms with E-state index in [1.165, 1.54) is 6.42 Å². The first-order valence-corrected chi connectivity index (χ1v) is 5.42. The van der Waals surface area contributed by atoms with E-state index in [0.717, 1.165) is 19.5 Å². The number of hydrogen-bond donors (Lipinski definition) is 1. The second-order valence-corrected chi connectivity index (χ2v) is 4.50. The van der Waals surface area contributed by atoms with Gasteiger partial charge < -0.3 is 9.80 Å². The fourth-order valence-electron chi connectivity index (χ4n) is 2.36. The van der Waals surface area contributed by atoms with Crippen LogP contribution in [0.15, 0.2) is 0 Å². The number of hydrogen-bond acceptors (Lipinski definition) is 3. The van der Waals surface area contributed by atoms with Crippen LogP contribution in [0.5, 0.6) is 0 Å². The molecule has 1 unspecified atom stereocenters. The highest BCUT2D eigenvalue weighted by atomic mass is 16.2. The monoisotopic (exact) mass is 211 g/mol. The van der Waals surface area contributed by atoms with Crippen LogP contribution in [-0.4, -0.2) is 55.0 Å². The number of urea groups is 1. The van der Waals surface area contributed by atoms with E-state index in [0.29, 0.717) is 12.5 Å². The normalized spacial score (nSPS) is 28.3. The van der Waals surface area contributed by atoms with E-state index in [4.69, 9.17) is 0 Å². The first kappa shape index (κ1) is 10.4. The van der Waals surface area contributed by atoms with Crippen molar-refractivity contribution in [3.05, 3.63) is 0 Å². The van der Waals surface area contributed by atoms with Gasteiger partial charge in [-0.3, -0.25) is 10.1 Å². The summed E-state index contributed by atoms with van der Waals surface area (Å²) in [5.41, 5.74) is 0. The second kappa shape index (κ2) is 4.18. The molecule has 0 spiro atoms. The smallest absolute Gasteiger partial charge is 0.315 e. The van der Waals surface area contributed by atoms with Crippen LogP contribution in [0.4, 0.5) is 4.79 Å². The van der Waals surface area contributed by atoms with Gasteiger partial charge in [0.25, 0.3) is 0 Å². The number of amides is 3. The minimum absolute atomic E-state index is 0.177. The van der Waals surface area contributed by atoms with Gasteiger partial charge in [-0.2, -0.15) is 0 Å². The SMILES string of the molecule is CN1CCCC(CN2CC(=O)NC2=O)C1. The molecule has 2 aliphatic rings. The standard InChI is InChI=1S/C10H17N3O2/c1-12-4-2-3-8(5-12)6-13-7-9(14)11-10(13)15/h8H,2-7H2,1H3,(H,11,14,15). The fourth-order valence-corrected chi connectivity index (χ4v) is 2.36. The fraction of sp³-hybridized carbons (Fsp3) is 0.800. The van der Waals surface area contributed by atoms with E-state index in [1.807, 2.05) is 0 Å². The van der Waals surface area contributed by atoms with E-state index in [-0.39, 0.29) is 18.5 Å². The van der Waals surface area contributed by atoms with Crippen LogP contribution >= 0.6 is 0 Å². The first-order valence-electron chi connectivity index (χ1n) is 5.42. The number of imide groups is 1. The van der Waals surface area contributed by atoms with Crippen molar-refractivity contribution in [1.82, 2.24) is 15.1 Å². The molecule has 0 aromatic rings. The maximum absolute atomic E-state index is 11.3. The molecule has 0 aromatic heterocycles. The summed E-state index contributed by atoms with van der Waals surface area (Å²) in [6, 6.07) is -0.228. The third-order valence-electron chi connectivity index (χ3n) is 3.07. The molecule has 1 N–H and O–H groups in total. The molecule has 1 atom stereocenters. The van der Waals surface area contributed by atoms with E-state index in [2.05, 4.69) is 17.3 Å². The summed E-state index contributed by atoms with van der Waals surface area (Å²) in [6.07, 6.45) is 2.34. The quantitative estimate of drug-likeness (QED) is 0.648. The Labute approximate surface area is 89.4 Å².